The van der Waals surface area contributed by atoms with Crippen LogP contribution in [0.2, 0.25) is 0 Å². The zero-order valence-corrected chi connectivity index (χ0v) is 16.6. The van der Waals surface area contributed by atoms with Gasteiger partial charge in [-0.15, -0.1) is 0 Å². The molecule has 2 radical (unpaired) electrons. The predicted molar refractivity (Wildman–Crippen MR) is 108 cm³/mol. The van der Waals surface area contributed by atoms with Gasteiger partial charge in [-0.1, -0.05) is 60.7 Å². The highest BCUT2D eigenvalue weighted by molar-refractivity contribution is 6.12. The monoisotopic (exact) mass is 406 g/mol. The number of hydrogen-bond donors (Lipinski definition) is 0. The van der Waals surface area contributed by atoms with E-state index in [4.69, 9.17) is 26.8 Å². The van der Waals surface area contributed by atoms with Crippen molar-refractivity contribution in [1.82, 2.24) is 0 Å². The molecular weight excluding hydrogens is 383 g/mol. The fourth-order valence-electron chi connectivity index (χ4n) is 4.11. The molecule has 0 aromatic heterocycles. The highest BCUT2D eigenvalue weighted by Crippen LogP contribution is 2.46. The first kappa shape index (κ1) is 20.6. The summed E-state index contributed by atoms with van der Waals surface area (Å²) in [6.45, 7) is 0.643. The summed E-state index contributed by atoms with van der Waals surface area (Å²) in [5.74, 6) is -1.71. The van der Waals surface area contributed by atoms with Gasteiger partial charge in [-0.3, -0.25) is 9.59 Å². The van der Waals surface area contributed by atoms with Gasteiger partial charge in [0.1, 0.15) is 27.0 Å². The first-order chi connectivity index (χ1) is 14.6. The summed E-state index contributed by atoms with van der Waals surface area (Å²) in [5.41, 5.74) is 0.677. The van der Waals surface area contributed by atoms with E-state index in [2.05, 4.69) is 0 Å². The molecule has 2 aliphatic rings. The average Bonchev–Trinajstić information content (AvgIpc) is 2.93. The number of rotatable bonds is 7. The number of carbonyl (C=O) groups is 2. The van der Waals surface area contributed by atoms with Crippen molar-refractivity contribution in [3.05, 3.63) is 71.8 Å². The second kappa shape index (κ2) is 9.02. The van der Waals surface area contributed by atoms with E-state index >= 15 is 0 Å². The van der Waals surface area contributed by atoms with Crippen LogP contribution in [0.5, 0.6) is 0 Å². The second-order valence-corrected chi connectivity index (χ2v) is 7.63. The highest BCUT2D eigenvalue weighted by Gasteiger charge is 2.61. The Morgan fingerprint density at radius 1 is 0.967 bits per heavy atom. The van der Waals surface area contributed by atoms with Crippen molar-refractivity contribution in [3.8, 4) is 0 Å². The quantitative estimate of drug-likeness (QED) is 0.520. The Balaban J connectivity index is 1.43. The number of esters is 2. The minimum absolute atomic E-state index is 0.0848. The summed E-state index contributed by atoms with van der Waals surface area (Å²) in [6, 6.07) is 18.0. The number of benzene rings is 2. The van der Waals surface area contributed by atoms with Crippen LogP contribution in [0, 0.1) is 5.92 Å². The van der Waals surface area contributed by atoms with Crippen molar-refractivity contribution >= 4 is 19.8 Å². The Morgan fingerprint density at radius 2 is 1.57 bits per heavy atom. The van der Waals surface area contributed by atoms with Crippen LogP contribution in [0.3, 0.4) is 0 Å². The van der Waals surface area contributed by atoms with Crippen molar-refractivity contribution in [3.63, 3.8) is 0 Å². The van der Waals surface area contributed by atoms with Crippen LogP contribution in [0.25, 0.3) is 0 Å². The molecule has 4 atom stereocenters. The maximum absolute atomic E-state index is 13.0. The van der Waals surface area contributed by atoms with E-state index in [-0.39, 0.29) is 19.6 Å². The highest BCUT2D eigenvalue weighted by atomic mass is 16.6. The van der Waals surface area contributed by atoms with E-state index in [1.54, 1.807) is 0 Å². The molecule has 0 amide bonds. The van der Waals surface area contributed by atoms with Gasteiger partial charge in [0.25, 0.3) is 0 Å². The van der Waals surface area contributed by atoms with E-state index in [9.17, 15) is 9.59 Å². The van der Waals surface area contributed by atoms with E-state index in [0.29, 0.717) is 13.0 Å². The van der Waals surface area contributed by atoms with Gasteiger partial charge in [-0.05, 0) is 11.1 Å². The number of carbonyl (C=O) groups excluding carboxylic acids is 2. The summed E-state index contributed by atoms with van der Waals surface area (Å²) in [4.78, 5) is 25.5. The fourth-order valence-corrected chi connectivity index (χ4v) is 4.11. The Labute approximate surface area is 176 Å². The summed E-state index contributed by atoms with van der Waals surface area (Å²) in [6.07, 6.45) is -0.370. The van der Waals surface area contributed by atoms with Gasteiger partial charge < -0.3 is 18.9 Å². The summed E-state index contributed by atoms with van der Waals surface area (Å²) < 4.78 is 22.6. The molecule has 2 aromatic carbocycles. The van der Waals surface area contributed by atoms with Crippen molar-refractivity contribution in [2.45, 2.75) is 43.8 Å². The summed E-state index contributed by atoms with van der Waals surface area (Å²) in [5, 5.41) is 0. The van der Waals surface area contributed by atoms with E-state index in [0.717, 1.165) is 11.1 Å². The van der Waals surface area contributed by atoms with Crippen molar-refractivity contribution in [2.75, 3.05) is 6.61 Å². The molecular formula is C23H23BO6. The molecule has 1 unspecified atom stereocenters. The van der Waals surface area contributed by atoms with Crippen LogP contribution in [0.15, 0.2) is 60.7 Å². The molecule has 0 N–H and O–H groups in total. The van der Waals surface area contributed by atoms with E-state index in [1.807, 2.05) is 60.7 Å². The maximum atomic E-state index is 13.0. The lowest BCUT2D eigenvalue weighted by molar-refractivity contribution is -0.172. The molecule has 2 saturated heterocycles. The first-order valence-electron chi connectivity index (χ1n) is 10.0. The fraction of sp³-hybridized carbons (Fsp3) is 0.391. The van der Waals surface area contributed by atoms with Gasteiger partial charge in [-0.25, -0.2) is 0 Å². The Hall–Kier alpha value is -2.64. The van der Waals surface area contributed by atoms with Crippen molar-refractivity contribution < 1.29 is 28.5 Å². The Morgan fingerprint density at radius 3 is 2.20 bits per heavy atom. The lowest BCUT2D eigenvalue weighted by Crippen LogP contribution is -2.50. The number of ether oxygens (including phenoxy) is 4. The van der Waals surface area contributed by atoms with Crippen LogP contribution in [0.1, 0.15) is 24.0 Å². The zero-order valence-electron chi connectivity index (χ0n) is 16.6. The summed E-state index contributed by atoms with van der Waals surface area (Å²) >= 11 is 0. The van der Waals surface area contributed by atoms with Gasteiger partial charge in [0.15, 0.2) is 0 Å². The number of fused-ring (bicyclic) bond motifs is 2. The van der Waals surface area contributed by atoms with Crippen molar-refractivity contribution in [2.24, 2.45) is 5.92 Å². The third-order valence-electron chi connectivity index (χ3n) is 5.59. The van der Waals surface area contributed by atoms with Gasteiger partial charge >= 0.3 is 11.9 Å². The lowest BCUT2D eigenvalue weighted by Gasteiger charge is -2.37. The van der Waals surface area contributed by atoms with Gasteiger partial charge in [-0.2, -0.15) is 0 Å². The molecule has 4 rings (SSSR count). The van der Waals surface area contributed by atoms with Crippen LogP contribution in [0.4, 0.5) is 0 Å². The topological polar surface area (TPSA) is 71.1 Å². The molecule has 2 heterocycles. The lowest BCUT2D eigenvalue weighted by atomic mass is 9.76. The second-order valence-electron chi connectivity index (χ2n) is 7.63. The molecule has 154 valence electrons. The minimum Gasteiger partial charge on any atom is -0.461 e. The molecule has 2 aromatic rings. The number of hydrogen-bond acceptors (Lipinski definition) is 6. The molecule has 2 bridgehead atoms. The third-order valence-corrected chi connectivity index (χ3v) is 5.59. The van der Waals surface area contributed by atoms with Crippen molar-refractivity contribution in [1.29, 1.82) is 0 Å². The standard InChI is InChI=1S/C23H23BO6/c24-21-20-19(22(26)29-15-17-9-5-2-6-10-17)23(30-21,11-12-27-20)13-18(25)28-14-16-7-3-1-4-8-16/h1-10,19-21H,11-15H2/t19?,20-,21+,23+/m0/s1. The van der Waals surface area contributed by atoms with E-state index < -0.39 is 35.6 Å². The van der Waals surface area contributed by atoms with Crippen LogP contribution >= 0.6 is 0 Å². The molecule has 2 fully saturated rings. The van der Waals surface area contributed by atoms with Gasteiger partial charge in [0.05, 0.1) is 18.1 Å². The van der Waals surface area contributed by atoms with E-state index in [1.165, 1.54) is 0 Å². The smallest absolute Gasteiger partial charge is 0.314 e. The molecule has 2 aliphatic heterocycles. The normalized spacial score (nSPS) is 27.4. The predicted octanol–water partition coefficient (Wildman–Crippen LogP) is 2.53. The molecule has 0 spiro atoms. The summed E-state index contributed by atoms with van der Waals surface area (Å²) in [7, 11) is 6.07. The Kier molecular flexibility index (Phi) is 6.20. The molecule has 6 nitrogen and oxygen atoms in total. The average molecular weight is 406 g/mol. The zero-order chi connectivity index (χ0) is 21.0. The molecule has 30 heavy (non-hydrogen) atoms. The van der Waals surface area contributed by atoms with Crippen LogP contribution < -0.4 is 0 Å². The van der Waals surface area contributed by atoms with Gasteiger partial charge in [0.2, 0.25) is 0 Å². The Bertz CT molecular complexity index is 874. The SMILES string of the molecule is [B][C@@H]1O[C@@]2(CC(=O)OCc3ccccc3)CCO[C@H]1C2C(=O)OCc1ccccc1. The van der Waals surface area contributed by atoms with Crippen LogP contribution in [-0.2, 0) is 41.8 Å². The van der Waals surface area contributed by atoms with Crippen LogP contribution in [-0.4, -0.2) is 44.1 Å². The first-order valence-corrected chi connectivity index (χ1v) is 10.0. The molecule has 0 saturated carbocycles. The minimum atomic E-state index is -1.08. The molecule has 0 aliphatic carbocycles. The largest absolute Gasteiger partial charge is 0.461 e. The molecule has 7 heteroatoms. The van der Waals surface area contributed by atoms with Gasteiger partial charge in [0, 0.05) is 19.0 Å². The maximum Gasteiger partial charge on any atom is 0.314 e. The third kappa shape index (κ3) is 4.42.